The molecule has 8 aromatic carbocycles. The number of nitrogens with zero attached hydrogens (tertiary/aromatic N) is 2. The average Bonchev–Trinajstić information content (AvgIpc) is 3.76. The zero-order chi connectivity index (χ0) is 32.3. The van der Waals surface area contributed by atoms with E-state index in [4.69, 9.17) is 13.8 Å². The van der Waals surface area contributed by atoms with E-state index < -0.39 is 0 Å². The van der Waals surface area contributed by atoms with Crippen LogP contribution < -0.4 is 4.90 Å². The van der Waals surface area contributed by atoms with Gasteiger partial charge in [0.1, 0.15) is 16.7 Å². The molecule has 10 rings (SSSR count). The summed E-state index contributed by atoms with van der Waals surface area (Å²) in [6, 6.07) is 59.5. The minimum absolute atomic E-state index is 0.585. The van der Waals surface area contributed by atoms with Gasteiger partial charge in [0.15, 0.2) is 5.58 Å². The van der Waals surface area contributed by atoms with E-state index in [1.165, 1.54) is 27.1 Å². The number of hydrogen-bond acceptors (Lipinski definition) is 4. The first-order chi connectivity index (χ1) is 24.2. The van der Waals surface area contributed by atoms with Crippen LogP contribution in [-0.4, -0.2) is 4.98 Å². The van der Waals surface area contributed by atoms with Gasteiger partial charge in [-0.2, -0.15) is 0 Å². The van der Waals surface area contributed by atoms with Gasteiger partial charge in [0.25, 0.3) is 0 Å². The number of furan rings is 1. The minimum Gasteiger partial charge on any atom is -0.456 e. The van der Waals surface area contributed by atoms with Crippen LogP contribution in [0.1, 0.15) is 0 Å². The van der Waals surface area contributed by atoms with Crippen LogP contribution in [0, 0.1) is 0 Å². The third kappa shape index (κ3) is 4.65. The number of hydrogen-bond donors (Lipinski definition) is 0. The first-order valence-corrected chi connectivity index (χ1v) is 16.4. The van der Waals surface area contributed by atoms with Crippen molar-refractivity contribution in [2.24, 2.45) is 0 Å². The first-order valence-electron chi connectivity index (χ1n) is 16.4. The molecule has 0 saturated heterocycles. The highest BCUT2D eigenvalue weighted by atomic mass is 16.3. The van der Waals surface area contributed by atoms with Gasteiger partial charge in [-0.25, -0.2) is 4.98 Å². The van der Waals surface area contributed by atoms with Gasteiger partial charge in [-0.3, -0.25) is 0 Å². The van der Waals surface area contributed by atoms with E-state index in [0.29, 0.717) is 5.89 Å². The first kappa shape index (κ1) is 27.5. The summed E-state index contributed by atoms with van der Waals surface area (Å²) in [5.41, 5.74) is 9.56. The minimum atomic E-state index is 0.585. The summed E-state index contributed by atoms with van der Waals surface area (Å²) in [7, 11) is 0. The van der Waals surface area contributed by atoms with Gasteiger partial charge in [0.2, 0.25) is 5.89 Å². The molecule has 0 radical (unpaired) electrons. The maximum absolute atomic E-state index is 6.56. The molecule has 2 aromatic heterocycles. The second-order valence-electron chi connectivity index (χ2n) is 12.4. The number of anilines is 3. The maximum Gasteiger partial charge on any atom is 0.228 e. The molecule has 2 heterocycles. The Morgan fingerprint density at radius 1 is 0.408 bits per heavy atom. The van der Waals surface area contributed by atoms with Crippen molar-refractivity contribution in [1.82, 2.24) is 4.98 Å². The fraction of sp³-hybridized carbons (Fsp3) is 0. The Bertz CT molecular complexity index is 2830. The molecule has 0 bridgehead atoms. The largest absolute Gasteiger partial charge is 0.456 e. The zero-order valence-electron chi connectivity index (χ0n) is 26.4. The van der Waals surface area contributed by atoms with E-state index in [9.17, 15) is 0 Å². The smallest absolute Gasteiger partial charge is 0.228 e. The summed E-state index contributed by atoms with van der Waals surface area (Å²) in [4.78, 5) is 7.11. The molecule has 0 atom stereocenters. The molecule has 0 N–H and O–H groups in total. The SMILES string of the molecule is c1cc(-c2ccc3ccccc3c2)cc(N(c2ccc3ccccc3c2)c2ccc3c(c2)oc2cccc(-c4nc5ccccc5o4)c23)c1. The number of oxazole rings is 1. The fourth-order valence-corrected chi connectivity index (χ4v) is 7.08. The van der Waals surface area contributed by atoms with Gasteiger partial charge in [0.05, 0.1) is 0 Å². The van der Waals surface area contributed by atoms with Crippen molar-refractivity contribution in [2.45, 2.75) is 0 Å². The zero-order valence-corrected chi connectivity index (χ0v) is 26.4. The number of para-hydroxylation sites is 2. The molecule has 0 amide bonds. The Morgan fingerprint density at radius 3 is 1.92 bits per heavy atom. The Morgan fingerprint density at radius 2 is 1.06 bits per heavy atom. The Kier molecular flexibility index (Phi) is 6.15. The van der Waals surface area contributed by atoms with Gasteiger partial charge in [-0.15, -0.1) is 0 Å². The molecule has 230 valence electrons. The van der Waals surface area contributed by atoms with Crippen molar-refractivity contribution in [3.63, 3.8) is 0 Å². The van der Waals surface area contributed by atoms with Crippen molar-refractivity contribution >= 4 is 71.6 Å². The van der Waals surface area contributed by atoms with Crippen molar-refractivity contribution in [2.75, 3.05) is 4.90 Å². The molecule has 0 saturated carbocycles. The molecule has 0 fully saturated rings. The van der Waals surface area contributed by atoms with E-state index in [0.717, 1.165) is 61.2 Å². The van der Waals surface area contributed by atoms with E-state index in [1.54, 1.807) is 0 Å². The van der Waals surface area contributed by atoms with E-state index in [2.05, 4.69) is 138 Å². The highest BCUT2D eigenvalue weighted by molar-refractivity contribution is 6.12. The third-order valence-electron chi connectivity index (χ3n) is 9.44. The molecule has 0 aliphatic rings. The Labute approximate surface area is 282 Å². The molecular weight excluding hydrogens is 601 g/mol. The highest BCUT2D eigenvalue weighted by Gasteiger charge is 2.20. The van der Waals surface area contributed by atoms with Crippen LogP contribution in [0.15, 0.2) is 179 Å². The molecule has 0 unspecified atom stereocenters. The van der Waals surface area contributed by atoms with Crippen molar-refractivity contribution in [3.05, 3.63) is 170 Å². The standard InChI is InChI=1S/C45H28N2O2/c1-3-11-31-25-34(20-19-29(31)9-1)33-13-7-14-35(27-33)47(36-22-21-30-10-2-4-12-32(30)26-36)37-23-24-38-43(28-37)48-42-18-8-15-39(44(38)42)45-46-40-16-5-6-17-41(40)49-45/h1-28H. The molecular formula is C45H28N2O2. The van der Waals surface area contributed by atoms with Crippen LogP contribution in [0.25, 0.3) is 77.2 Å². The lowest BCUT2D eigenvalue weighted by molar-refractivity contribution is 0.620. The fourth-order valence-electron chi connectivity index (χ4n) is 7.08. The number of fused-ring (bicyclic) bond motifs is 6. The summed E-state index contributed by atoms with van der Waals surface area (Å²) in [5, 5.41) is 6.85. The quantitative estimate of drug-likeness (QED) is 0.190. The van der Waals surface area contributed by atoms with Crippen LogP contribution in [0.5, 0.6) is 0 Å². The van der Waals surface area contributed by atoms with Crippen LogP contribution in [0.4, 0.5) is 17.1 Å². The van der Waals surface area contributed by atoms with Gasteiger partial charge < -0.3 is 13.7 Å². The lowest BCUT2D eigenvalue weighted by Crippen LogP contribution is -2.10. The van der Waals surface area contributed by atoms with Gasteiger partial charge in [0, 0.05) is 39.5 Å². The normalized spacial score (nSPS) is 11.7. The number of rotatable bonds is 5. The predicted octanol–water partition coefficient (Wildman–Crippen LogP) is 12.8. The molecule has 0 aliphatic heterocycles. The Balaban J connectivity index is 1.14. The number of aromatic nitrogens is 1. The van der Waals surface area contributed by atoms with Gasteiger partial charge in [-0.1, -0.05) is 97.1 Å². The Hall–Kier alpha value is -6.65. The summed E-state index contributed by atoms with van der Waals surface area (Å²) >= 11 is 0. The van der Waals surface area contributed by atoms with E-state index in [-0.39, 0.29) is 0 Å². The van der Waals surface area contributed by atoms with Crippen LogP contribution >= 0.6 is 0 Å². The summed E-state index contributed by atoms with van der Waals surface area (Å²) in [5.74, 6) is 0.585. The van der Waals surface area contributed by atoms with E-state index >= 15 is 0 Å². The molecule has 0 spiro atoms. The van der Waals surface area contributed by atoms with Crippen molar-refractivity contribution in [1.29, 1.82) is 0 Å². The molecule has 4 heteroatoms. The van der Waals surface area contributed by atoms with Gasteiger partial charge in [-0.05, 0) is 99.4 Å². The maximum atomic E-state index is 6.56. The molecule has 0 aliphatic carbocycles. The van der Waals surface area contributed by atoms with Crippen LogP contribution in [0.2, 0.25) is 0 Å². The molecule has 10 aromatic rings. The van der Waals surface area contributed by atoms with Crippen molar-refractivity contribution in [3.8, 4) is 22.6 Å². The van der Waals surface area contributed by atoms with Gasteiger partial charge >= 0.3 is 0 Å². The average molecular weight is 629 g/mol. The predicted molar refractivity (Wildman–Crippen MR) is 202 cm³/mol. The van der Waals surface area contributed by atoms with Crippen molar-refractivity contribution < 1.29 is 8.83 Å². The lowest BCUT2D eigenvalue weighted by atomic mass is 10.00. The lowest BCUT2D eigenvalue weighted by Gasteiger charge is -2.26. The highest BCUT2D eigenvalue weighted by Crippen LogP contribution is 2.42. The number of benzene rings is 8. The monoisotopic (exact) mass is 628 g/mol. The molecule has 4 nitrogen and oxygen atoms in total. The summed E-state index contributed by atoms with van der Waals surface area (Å²) in [6.07, 6.45) is 0. The third-order valence-corrected chi connectivity index (χ3v) is 9.44. The van der Waals surface area contributed by atoms with Crippen LogP contribution in [0.3, 0.4) is 0 Å². The summed E-state index contributed by atoms with van der Waals surface area (Å²) in [6.45, 7) is 0. The second-order valence-corrected chi connectivity index (χ2v) is 12.4. The van der Waals surface area contributed by atoms with Crippen LogP contribution in [-0.2, 0) is 0 Å². The summed E-state index contributed by atoms with van der Waals surface area (Å²) < 4.78 is 12.8. The second kappa shape index (κ2) is 11.0. The topological polar surface area (TPSA) is 42.4 Å². The molecule has 49 heavy (non-hydrogen) atoms. The van der Waals surface area contributed by atoms with E-state index in [1.807, 2.05) is 36.4 Å².